The highest BCUT2D eigenvalue weighted by Gasteiger charge is 2.13. The van der Waals surface area contributed by atoms with Crippen LogP contribution in [0.15, 0.2) is 12.1 Å². The van der Waals surface area contributed by atoms with Crippen LogP contribution in [0, 0.1) is 13.8 Å². The zero-order chi connectivity index (χ0) is 14.4. The van der Waals surface area contributed by atoms with Crippen molar-refractivity contribution in [1.29, 1.82) is 0 Å². The smallest absolute Gasteiger partial charge is 0.322 e. The molecular weight excluding hydrogens is 242 g/mol. The summed E-state index contributed by atoms with van der Waals surface area (Å²) in [6.45, 7) is 4.14. The van der Waals surface area contributed by atoms with Crippen molar-refractivity contribution in [3.8, 4) is 5.75 Å². The summed E-state index contributed by atoms with van der Waals surface area (Å²) in [5.74, 6) is 0.565. The fraction of sp³-hybridized carbons (Fsp3) is 0.533. The predicted octanol–water partition coefficient (Wildman–Crippen LogP) is 2.14. The molecule has 106 valence electrons. The third-order valence-corrected chi connectivity index (χ3v) is 3.53. The molecule has 1 unspecified atom stereocenters. The fourth-order valence-corrected chi connectivity index (χ4v) is 2.13. The van der Waals surface area contributed by atoms with Crippen LogP contribution in [0.5, 0.6) is 5.75 Å². The number of ether oxygens (including phenoxy) is 2. The van der Waals surface area contributed by atoms with E-state index in [4.69, 9.17) is 10.5 Å². The van der Waals surface area contributed by atoms with E-state index in [1.165, 1.54) is 18.2 Å². The highest BCUT2D eigenvalue weighted by Crippen LogP contribution is 2.24. The summed E-state index contributed by atoms with van der Waals surface area (Å²) in [4.78, 5) is 11.2. The van der Waals surface area contributed by atoms with Gasteiger partial charge < -0.3 is 15.2 Å². The third kappa shape index (κ3) is 3.96. The lowest BCUT2D eigenvalue weighted by atomic mass is 9.97. The molecule has 1 atom stereocenters. The summed E-state index contributed by atoms with van der Waals surface area (Å²) in [6, 6.07) is 3.53. The molecule has 0 fully saturated rings. The molecule has 0 spiro atoms. The average Bonchev–Trinajstić information content (AvgIpc) is 2.42. The molecule has 0 aliphatic rings. The van der Waals surface area contributed by atoms with Gasteiger partial charge in [-0.2, -0.15) is 0 Å². The van der Waals surface area contributed by atoms with Crippen LogP contribution in [0.3, 0.4) is 0 Å². The van der Waals surface area contributed by atoms with Crippen molar-refractivity contribution in [2.24, 2.45) is 5.73 Å². The minimum absolute atomic E-state index is 0.345. The fourth-order valence-electron chi connectivity index (χ4n) is 2.13. The summed E-state index contributed by atoms with van der Waals surface area (Å²) < 4.78 is 9.90. The van der Waals surface area contributed by atoms with Crippen molar-refractivity contribution in [2.75, 3.05) is 14.2 Å². The van der Waals surface area contributed by atoms with Crippen LogP contribution in [0.25, 0.3) is 0 Å². The monoisotopic (exact) mass is 265 g/mol. The molecule has 0 aliphatic carbocycles. The van der Waals surface area contributed by atoms with E-state index in [9.17, 15) is 4.79 Å². The first-order valence-corrected chi connectivity index (χ1v) is 6.47. The molecule has 1 rings (SSSR count). The second-order valence-corrected chi connectivity index (χ2v) is 4.70. The Morgan fingerprint density at radius 3 is 2.53 bits per heavy atom. The Balaban J connectivity index is 2.59. The van der Waals surface area contributed by atoms with Crippen LogP contribution >= 0.6 is 0 Å². The van der Waals surface area contributed by atoms with Gasteiger partial charge in [0.1, 0.15) is 11.8 Å². The molecule has 0 aliphatic heterocycles. The zero-order valence-electron chi connectivity index (χ0n) is 12.2. The molecule has 4 heteroatoms. The lowest BCUT2D eigenvalue weighted by Crippen LogP contribution is -2.31. The molecule has 0 saturated heterocycles. The minimum Gasteiger partial charge on any atom is -0.496 e. The van der Waals surface area contributed by atoms with Gasteiger partial charge in [-0.25, -0.2) is 0 Å². The molecule has 0 amide bonds. The van der Waals surface area contributed by atoms with E-state index in [0.717, 1.165) is 24.2 Å². The molecule has 2 N–H and O–H groups in total. The molecule has 1 aromatic rings. The maximum atomic E-state index is 11.2. The Bertz CT molecular complexity index is 443. The Morgan fingerprint density at radius 1 is 1.26 bits per heavy atom. The second kappa shape index (κ2) is 7.14. The summed E-state index contributed by atoms with van der Waals surface area (Å²) >= 11 is 0. The maximum absolute atomic E-state index is 11.2. The van der Waals surface area contributed by atoms with E-state index in [2.05, 4.69) is 24.7 Å². The van der Waals surface area contributed by atoms with Crippen molar-refractivity contribution < 1.29 is 14.3 Å². The van der Waals surface area contributed by atoms with E-state index in [0.29, 0.717) is 6.42 Å². The standard InChI is InChI=1S/C15H23NO3/c1-10-11(2)14(18-3)9-8-12(10)6-5-7-13(16)15(17)19-4/h8-9,13H,5-7,16H2,1-4H3. The van der Waals surface area contributed by atoms with Crippen LogP contribution in [0.4, 0.5) is 0 Å². The quantitative estimate of drug-likeness (QED) is 0.800. The first-order chi connectivity index (χ1) is 9.01. The minimum atomic E-state index is -0.523. The van der Waals surface area contributed by atoms with Gasteiger partial charge in [0.15, 0.2) is 0 Å². The van der Waals surface area contributed by atoms with Gasteiger partial charge in [-0.3, -0.25) is 4.79 Å². The first-order valence-electron chi connectivity index (χ1n) is 6.47. The van der Waals surface area contributed by atoms with Gasteiger partial charge in [0.05, 0.1) is 14.2 Å². The number of rotatable bonds is 6. The van der Waals surface area contributed by atoms with Crippen LogP contribution in [-0.4, -0.2) is 26.2 Å². The van der Waals surface area contributed by atoms with Gasteiger partial charge in [-0.05, 0) is 55.9 Å². The van der Waals surface area contributed by atoms with Crippen molar-refractivity contribution in [3.63, 3.8) is 0 Å². The molecular formula is C15H23NO3. The van der Waals surface area contributed by atoms with Crippen LogP contribution in [0.1, 0.15) is 29.5 Å². The summed E-state index contributed by atoms with van der Waals surface area (Å²) in [7, 11) is 3.04. The summed E-state index contributed by atoms with van der Waals surface area (Å²) in [6.07, 6.45) is 2.40. The number of carbonyl (C=O) groups excluding carboxylic acids is 1. The topological polar surface area (TPSA) is 61.5 Å². The van der Waals surface area contributed by atoms with Crippen molar-refractivity contribution in [1.82, 2.24) is 0 Å². The number of methoxy groups -OCH3 is 2. The van der Waals surface area contributed by atoms with Gasteiger partial charge in [0.2, 0.25) is 0 Å². The maximum Gasteiger partial charge on any atom is 0.322 e. The average molecular weight is 265 g/mol. The number of carbonyl (C=O) groups is 1. The normalized spacial score (nSPS) is 12.1. The number of nitrogens with two attached hydrogens (primary N) is 1. The lowest BCUT2D eigenvalue weighted by Gasteiger charge is -2.13. The Kier molecular flexibility index (Phi) is 5.83. The summed E-state index contributed by atoms with van der Waals surface area (Å²) in [5, 5.41) is 0. The van der Waals surface area contributed by atoms with Gasteiger partial charge in [-0.15, -0.1) is 0 Å². The largest absolute Gasteiger partial charge is 0.496 e. The molecule has 0 bridgehead atoms. The molecule has 0 aromatic heterocycles. The Labute approximate surface area is 114 Å². The molecule has 0 heterocycles. The highest BCUT2D eigenvalue weighted by molar-refractivity contribution is 5.75. The molecule has 19 heavy (non-hydrogen) atoms. The summed E-state index contributed by atoms with van der Waals surface area (Å²) in [5.41, 5.74) is 9.39. The second-order valence-electron chi connectivity index (χ2n) is 4.70. The van der Waals surface area contributed by atoms with E-state index in [-0.39, 0.29) is 5.97 Å². The molecule has 0 radical (unpaired) electrons. The first kappa shape index (κ1) is 15.5. The van der Waals surface area contributed by atoms with Crippen molar-refractivity contribution in [3.05, 3.63) is 28.8 Å². The third-order valence-electron chi connectivity index (χ3n) is 3.53. The van der Waals surface area contributed by atoms with E-state index in [1.54, 1.807) is 7.11 Å². The van der Waals surface area contributed by atoms with Crippen LogP contribution < -0.4 is 10.5 Å². The molecule has 1 aromatic carbocycles. The van der Waals surface area contributed by atoms with Crippen molar-refractivity contribution in [2.45, 2.75) is 39.2 Å². The van der Waals surface area contributed by atoms with Crippen LogP contribution in [0.2, 0.25) is 0 Å². The lowest BCUT2D eigenvalue weighted by molar-refractivity contribution is -0.142. The molecule has 4 nitrogen and oxygen atoms in total. The number of benzene rings is 1. The number of hydrogen-bond acceptors (Lipinski definition) is 4. The van der Waals surface area contributed by atoms with E-state index < -0.39 is 6.04 Å². The van der Waals surface area contributed by atoms with E-state index >= 15 is 0 Å². The van der Waals surface area contributed by atoms with Gasteiger partial charge >= 0.3 is 5.97 Å². The predicted molar refractivity (Wildman–Crippen MR) is 75.4 cm³/mol. The molecule has 0 saturated carbocycles. The Hall–Kier alpha value is -1.55. The number of hydrogen-bond donors (Lipinski definition) is 1. The van der Waals surface area contributed by atoms with Gasteiger partial charge in [0.25, 0.3) is 0 Å². The number of aryl methyl sites for hydroxylation is 1. The Morgan fingerprint density at radius 2 is 1.95 bits per heavy atom. The highest BCUT2D eigenvalue weighted by atomic mass is 16.5. The van der Waals surface area contributed by atoms with Gasteiger partial charge in [0, 0.05) is 0 Å². The van der Waals surface area contributed by atoms with Gasteiger partial charge in [-0.1, -0.05) is 6.07 Å². The van der Waals surface area contributed by atoms with E-state index in [1.807, 2.05) is 6.07 Å². The number of esters is 1. The van der Waals surface area contributed by atoms with Crippen molar-refractivity contribution >= 4 is 5.97 Å². The zero-order valence-corrected chi connectivity index (χ0v) is 12.2. The van der Waals surface area contributed by atoms with Crippen LogP contribution in [-0.2, 0) is 16.0 Å². The SMILES string of the molecule is COC(=O)C(N)CCCc1ccc(OC)c(C)c1C.